The fourth-order valence-electron chi connectivity index (χ4n) is 1.98. The standard InChI is InChI=1S/C17H14N2O/c1-13(20)19-16-10-9-15(8-5-11-18)17(12-16)14-6-3-2-4-7-14/h2-10,12H,1H3,(H,19,20)/b8-5+. The van der Waals surface area contributed by atoms with Crippen LogP contribution in [0.15, 0.2) is 54.6 Å². The first kappa shape index (κ1) is 13.6. The number of rotatable bonds is 3. The molecule has 0 saturated heterocycles. The molecule has 1 N–H and O–H groups in total. The van der Waals surface area contributed by atoms with Crippen molar-refractivity contribution < 1.29 is 4.79 Å². The van der Waals surface area contributed by atoms with Gasteiger partial charge >= 0.3 is 0 Å². The van der Waals surface area contributed by atoms with Gasteiger partial charge in [-0.2, -0.15) is 5.26 Å². The Morgan fingerprint density at radius 3 is 2.60 bits per heavy atom. The van der Waals surface area contributed by atoms with Gasteiger partial charge in [-0.05, 0) is 34.9 Å². The number of nitrogens with one attached hydrogen (secondary N) is 1. The van der Waals surface area contributed by atoms with Crippen LogP contribution in [0.25, 0.3) is 17.2 Å². The number of nitriles is 1. The average molecular weight is 262 g/mol. The number of carbonyl (C=O) groups excluding carboxylic acids is 1. The second-order valence-electron chi connectivity index (χ2n) is 4.31. The lowest BCUT2D eigenvalue weighted by molar-refractivity contribution is -0.114. The zero-order valence-corrected chi connectivity index (χ0v) is 11.1. The molecule has 0 atom stereocenters. The molecule has 3 nitrogen and oxygen atoms in total. The molecule has 0 radical (unpaired) electrons. The van der Waals surface area contributed by atoms with E-state index < -0.39 is 0 Å². The zero-order valence-electron chi connectivity index (χ0n) is 11.1. The van der Waals surface area contributed by atoms with Crippen LogP contribution in [0.5, 0.6) is 0 Å². The second-order valence-corrected chi connectivity index (χ2v) is 4.31. The van der Waals surface area contributed by atoms with Crippen molar-refractivity contribution in [3.63, 3.8) is 0 Å². The Kier molecular flexibility index (Phi) is 4.31. The number of nitrogens with zero attached hydrogens (tertiary/aromatic N) is 1. The van der Waals surface area contributed by atoms with Gasteiger partial charge in [-0.25, -0.2) is 0 Å². The largest absolute Gasteiger partial charge is 0.326 e. The summed E-state index contributed by atoms with van der Waals surface area (Å²) in [5, 5.41) is 11.4. The molecule has 0 unspecified atom stereocenters. The van der Waals surface area contributed by atoms with Gasteiger partial charge in [0.05, 0.1) is 6.07 Å². The van der Waals surface area contributed by atoms with Crippen LogP contribution in [-0.2, 0) is 4.79 Å². The smallest absolute Gasteiger partial charge is 0.221 e. The summed E-state index contributed by atoms with van der Waals surface area (Å²) in [5.74, 6) is -0.107. The van der Waals surface area contributed by atoms with E-state index in [-0.39, 0.29) is 5.91 Å². The van der Waals surface area contributed by atoms with Crippen molar-refractivity contribution >= 4 is 17.7 Å². The van der Waals surface area contributed by atoms with Crippen LogP contribution < -0.4 is 5.32 Å². The van der Waals surface area contributed by atoms with E-state index in [1.165, 1.54) is 13.0 Å². The Bertz CT molecular complexity index is 682. The topological polar surface area (TPSA) is 52.9 Å². The molecular weight excluding hydrogens is 248 g/mol. The van der Waals surface area contributed by atoms with Crippen molar-refractivity contribution in [2.45, 2.75) is 6.92 Å². The first-order valence-electron chi connectivity index (χ1n) is 6.24. The van der Waals surface area contributed by atoms with E-state index in [1.54, 1.807) is 6.08 Å². The van der Waals surface area contributed by atoms with E-state index in [1.807, 2.05) is 54.6 Å². The third-order valence-corrected chi connectivity index (χ3v) is 2.80. The minimum atomic E-state index is -0.107. The molecule has 0 bridgehead atoms. The highest BCUT2D eigenvalue weighted by Crippen LogP contribution is 2.28. The molecule has 0 fully saturated rings. The summed E-state index contributed by atoms with van der Waals surface area (Å²) >= 11 is 0. The van der Waals surface area contributed by atoms with Crippen LogP contribution in [0, 0.1) is 11.3 Å². The SMILES string of the molecule is CC(=O)Nc1ccc(/C=C/C#N)c(-c2ccccc2)c1. The first-order chi connectivity index (χ1) is 9.70. The molecule has 1 amide bonds. The molecule has 0 aromatic heterocycles. The lowest BCUT2D eigenvalue weighted by Gasteiger charge is -2.10. The van der Waals surface area contributed by atoms with Crippen LogP contribution in [-0.4, -0.2) is 5.91 Å². The van der Waals surface area contributed by atoms with Crippen molar-refractivity contribution in [2.75, 3.05) is 5.32 Å². The molecule has 0 aliphatic heterocycles. The number of benzene rings is 2. The first-order valence-corrected chi connectivity index (χ1v) is 6.24. The van der Waals surface area contributed by atoms with Crippen LogP contribution in [0.2, 0.25) is 0 Å². The Morgan fingerprint density at radius 2 is 1.95 bits per heavy atom. The molecule has 2 aromatic rings. The van der Waals surface area contributed by atoms with Gasteiger partial charge in [0.1, 0.15) is 0 Å². The third-order valence-electron chi connectivity index (χ3n) is 2.80. The summed E-state index contributed by atoms with van der Waals surface area (Å²) in [5.41, 5.74) is 3.69. The van der Waals surface area contributed by atoms with Crippen molar-refractivity contribution in [1.82, 2.24) is 0 Å². The fourth-order valence-corrected chi connectivity index (χ4v) is 1.98. The minimum Gasteiger partial charge on any atom is -0.326 e. The van der Waals surface area contributed by atoms with Crippen molar-refractivity contribution in [3.05, 3.63) is 60.2 Å². The maximum Gasteiger partial charge on any atom is 0.221 e. The number of allylic oxidation sites excluding steroid dienone is 1. The Morgan fingerprint density at radius 1 is 1.20 bits per heavy atom. The normalized spacial score (nSPS) is 10.2. The molecule has 2 rings (SSSR count). The quantitative estimate of drug-likeness (QED) is 0.854. The van der Waals surface area contributed by atoms with Crippen LogP contribution in [0.1, 0.15) is 12.5 Å². The van der Waals surface area contributed by atoms with Gasteiger partial charge in [-0.15, -0.1) is 0 Å². The Labute approximate surface area is 118 Å². The van der Waals surface area contributed by atoms with E-state index in [0.29, 0.717) is 0 Å². The van der Waals surface area contributed by atoms with E-state index in [2.05, 4.69) is 5.32 Å². The molecule has 20 heavy (non-hydrogen) atoms. The molecule has 0 aliphatic rings. The summed E-state index contributed by atoms with van der Waals surface area (Å²) in [6.45, 7) is 1.48. The number of amides is 1. The molecule has 0 spiro atoms. The fraction of sp³-hybridized carbons (Fsp3) is 0.0588. The Balaban J connectivity index is 2.51. The number of carbonyl (C=O) groups is 1. The summed E-state index contributed by atoms with van der Waals surface area (Å²) < 4.78 is 0. The van der Waals surface area contributed by atoms with Gasteiger partial charge in [-0.3, -0.25) is 4.79 Å². The van der Waals surface area contributed by atoms with Gasteiger partial charge in [0.2, 0.25) is 5.91 Å². The van der Waals surface area contributed by atoms with Crippen molar-refractivity contribution in [2.24, 2.45) is 0 Å². The summed E-state index contributed by atoms with van der Waals surface area (Å²) in [6.07, 6.45) is 3.21. The lowest BCUT2D eigenvalue weighted by atomic mass is 9.98. The second kappa shape index (κ2) is 6.35. The van der Waals surface area contributed by atoms with E-state index in [0.717, 1.165) is 22.4 Å². The zero-order chi connectivity index (χ0) is 14.4. The number of hydrogen-bond acceptors (Lipinski definition) is 2. The molecule has 0 aliphatic carbocycles. The molecular formula is C17H14N2O. The third kappa shape index (κ3) is 3.33. The van der Waals surface area contributed by atoms with Crippen LogP contribution >= 0.6 is 0 Å². The molecule has 98 valence electrons. The van der Waals surface area contributed by atoms with Crippen LogP contribution in [0.3, 0.4) is 0 Å². The lowest BCUT2D eigenvalue weighted by Crippen LogP contribution is -2.05. The maximum absolute atomic E-state index is 11.1. The van der Waals surface area contributed by atoms with Gasteiger partial charge in [-0.1, -0.05) is 36.4 Å². The maximum atomic E-state index is 11.1. The summed E-state index contributed by atoms with van der Waals surface area (Å²) in [6, 6.07) is 17.5. The number of hydrogen-bond donors (Lipinski definition) is 1. The Hall–Kier alpha value is -2.86. The highest BCUT2D eigenvalue weighted by molar-refractivity contribution is 5.90. The van der Waals surface area contributed by atoms with E-state index in [4.69, 9.17) is 5.26 Å². The van der Waals surface area contributed by atoms with E-state index >= 15 is 0 Å². The molecule has 0 heterocycles. The van der Waals surface area contributed by atoms with E-state index in [9.17, 15) is 4.79 Å². The van der Waals surface area contributed by atoms with Gasteiger partial charge in [0, 0.05) is 18.7 Å². The van der Waals surface area contributed by atoms with Crippen molar-refractivity contribution in [3.8, 4) is 17.2 Å². The monoisotopic (exact) mass is 262 g/mol. The van der Waals surface area contributed by atoms with Gasteiger partial charge in [0.25, 0.3) is 0 Å². The van der Waals surface area contributed by atoms with Crippen molar-refractivity contribution in [1.29, 1.82) is 5.26 Å². The molecule has 2 aromatic carbocycles. The summed E-state index contributed by atoms with van der Waals surface area (Å²) in [4.78, 5) is 11.1. The molecule has 3 heteroatoms. The highest BCUT2D eigenvalue weighted by atomic mass is 16.1. The average Bonchev–Trinajstić information content (AvgIpc) is 2.46. The predicted octanol–water partition coefficient (Wildman–Crippen LogP) is 3.85. The molecule has 0 saturated carbocycles. The van der Waals surface area contributed by atoms with Gasteiger partial charge in [0.15, 0.2) is 0 Å². The number of anilines is 1. The summed E-state index contributed by atoms with van der Waals surface area (Å²) in [7, 11) is 0. The van der Waals surface area contributed by atoms with Gasteiger partial charge < -0.3 is 5.32 Å². The van der Waals surface area contributed by atoms with Crippen LogP contribution in [0.4, 0.5) is 5.69 Å². The predicted molar refractivity (Wildman–Crippen MR) is 80.8 cm³/mol. The highest BCUT2D eigenvalue weighted by Gasteiger charge is 2.05. The minimum absolute atomic E-state index is 0.107.